The number of rotatable bonds is 8. The van der Waals surface area contributed by atoms with Crippen molar-refractivity contribution in [1.29, 1.82) is 0 Å². The minimum absolute atomic E-state index is 0.0160. The summed E-state index contributed by atoms with van der Waals surface area (Å²) in [5.74, 6) is 0.808. The van der Waals surface area contributed by atoms with Crippen LogP contribution in [-0.4, -0.2) is 12.2 Å². The highest BCUT2D eigenvalue weighted by Crippen LogP contribution is 2.32. The summed E-state index contributed by atoms with van der Waals surface area (Å²) >= 11 is 0. The lowest BCUT2D eigenvalue weighted by atomic mass is 10.0. The van der Waals surface area contributed by atoms with Crippen molar-refractivity contribution in [3.8, 4) is 0 Å². The maximum Gasteiger partial charge on any atom is 0.697 e. The summed E-state index contributed by atoms with van der Waals surface area (Å²) in [7, 11) is -1.99. The Labute approximate surface area is 101 Å². The van der Waals surface area contributed by atoms with Crippen LogP contribution in [0.3, 0.4) is 0 Å². The van der Waals surface area contributed by atoms with Crippen molar-refractivity contribution in [1.82, 2.24) is 0 Å². The van der Waals surface area contributed by atoms with E-state index in [2.05, 4.69) is 27.7 Å². The largest absolute Gasteiger partial charge is 0.697 e. The van der Waals surface area contributed by atoms with Gasteiger partial charge in [-0.05, 0) is 25.7 Å². The third-order valence-corrected chi connectivity index (χ3v) is 4.40. The monoisotopic (exact) mass is 249 g/mol. The third kappa shape index (κ3) is 5.93. The quantitative estimate of drug-likeness (QED) is 0.592. The van der Waals surface area contributed by atoms with Gasteiger partial charge in [-0.2, -0.15) is 0 Å². The molecule has 0 amide bonds. The predicted molar refractivity (Wildman–Crippen MR) is 67.6 cm³/mol. The molecule has 0 aliphatic carbocycles. The maximum absolute atomic E-state index is 11.6. The van der Waals surface area contributed by atoms with Crippen molar-refractivity contribution in [3.63, 3.8) is 0 Å². The van der Waals surface area contributed by atoms with E-state index in [0.717, 1.165) is 12.8 Å². The molecule has 0 aromatic carbocycles. The van der Waals surface area contributed by atoms with Gasteiger partial charge in [0.2, 0.25) is 0 Å². The van der Waals surface area contributed by atoms with Gasteiger partial charge >= 0.3 is 8.25 Å². The van der Waals surface area contributed by atoms with Crippen molar-refractivity contribution in [2.75, 3.05) is 0 Å². The Bertz CT molecular complexity index is 188. The molecule has 0 aliphatic rings. The Kier molecular flexibility index (Phi) is 8.17. The molecule has 4 unspecified atom stereocenters. The fourth-order valence-electron chi connectivity index (χ4n) is 1.17. The van der Waals surface area contributed by atoms with Crippen molar-refractivity contribution < 1.29 is 13.6 Å². The Morgan fingerprint density at radius 3 is 1.44 bits per heavy atom. The van der Waals surface area contributed by atoms with Crippen molar-refractivity contribution in [2.45, 2.75) is 66.6 Å². The molecule has 0 N–H and O–H groups in total. The van der Waals surface area contributed by atoms with E-state index in [4.69, 9.17) is 9.05 Å². The predicted octanol–water partition coefficient (Wildman–Crippen LogP) is 4.55. The highest BCUT2D eigenvalue weighted by atomic mass is 31.1. The molecule has 4 atom stereocenters. The fourth-order valence-corrected chi connectivity index (χ4v) is 2.18. The summed E-state index contributed by atoms with van der Waals surface area (Å²) in [5, 5.41) is 0. The van der Waals surface area contributed by atoms with Crippen LogP contribution in [0.2, 0.25) is 0 Å². The van der Waals surface area contributed by atoms with E-state index >= 15 is 0 Å². The molecule has 4 heteroatoms. The number of hydrogen-bond acceptors (Lipinski definition) is 3. The van der Waals surface area contributed by atoms with E-state index in [1.54, 1.807) is 0 Å². The van der Waals surface area contributed by atoms with E-state index < -0.39 is 8.25 Å². The first-order valence-electron chi connectivity index (χ1n) is 6.23. The molecular weight excluding hydrogens is 223 g/mol. The highest BCUT2D eigenvalue weighted by Gasteiger charge is 2.31. The van der Waals surface area contributed by atoms with Gasteiger partial charge in [-0.1, -0.05) is 40.5 Å². The van der Waals surface area contributed by atoms with E-state index in [1.807, 2.05) is 13.8 Å². The molecule has 0 heterocycles. The topological polar surface area (TPSA) is 35.5 Å². The van der Waals surface area contributed by atoms with Crippen LogP contribution in [0.1, 0.15) is 54.4 Å². The minimum atomic E-state index is -1.99. The van der Waals surface area contributed by atoms with E-state index in [-0.39, 0.29) is 12.2 Å². The Morgan fingerprint density at radius 1 is 0.875 bits per heavy atom. The molecule has 3 nitrogen and oxygen atoms in total. The summed E-state index contributed by atoms with van der Waals surface area (Å²) < 4.78 is 22.3. The van der Waals surface area contributed by atoms with Crippen molar-refractivity contribution >= 4 is 8.25 Å². The van der Waals surface area contributed by atoms with Gasteiger partial charge in [-0.15, -0.1) is 9.05 Å². The average molecular weight is 249 g/mol. The van der Waals surface area contributed by atoms with Crippen LogP contribution in [0.15, 0.2) is 0 Å². The third-order valence-electron chi connectivity index (χ3n) is 3.40. The first-order valence-corrected chi connectivity index (χ1v) is 7.32. The minimum Gasteiger partial charge on any atom is -0.116 e. The molecule has 0 spiro atoms. The summed E-state index contributed by atoms with van der Waals surface area (Å²) in [6.07, 6.45) is 2.01. The molecule has 16 heavy (non-hydrogen) atoms. The zero-order chi connectivity index (χ0) is 12.7. The van der Waals surface area contributed by atoms with Gasteiger partial charge in [0.1, 0.15) is 12.2 Å². The van der Waals surface area contributed by atoms with Gasteiger partial charge in [0, 0.05) is 4.57 Å². The standard InChI is InChI=1S/C12H26O3P/c1-7-9(3)11(5)14-16(13)15-12(6)10(4)8-2/h9-12H,7-8H2,1-6H3/q+1. The molecule has 0 radical (unpaired) electrons. The molecule has 0 rings (SSSR count). The van der Waals surface area contributed by atoms with Crippen LogP contribution in [0, 0.1) is 11.8 Å². The summed E-state index contributed by atoms with van der Waals surface area (Å²) in [6.45, 7) is 12.3. The fraction of sp³-hybridized carbons (Fsp3) is 1.00. The SMILES string of the molecule is CCC(C)C(C)O[P+](=O)OC(C)C(C)CC. The summed E-state index contributed by atoms with van der Waals surface area (Å²) in [5.41, 5.74) is 0. The highest BCUT2D eigenvalue weighted by molar-refractivity contribution is 7.33. The smallest absolute Gasteiger partial charge is 0.116 e. The van der Waals surface area contributed by atoms with Gasteiger partial charge < -0.3 is 0 Å². The van der Waals surface area contributed by atoms with Crippen LogP contribution >= 0.6 is 8.25 Å². The normalized spacial score (nSPS) is 20.0. The van der Waals surface area contributed by atoms with Gasteiger partial charge in [-0.3, -0.25) is 0 Å². The second-order valence-electron chi connectivity index (χ2n) is 4.62. The molecule has 0 saturated heterocycles. The zero-order valence-corrected chi connectivity index (χ0v) is 12.3. The van der Waals surface area contributed by atoms with Crippen LogP contribution in [0.5, 0.6) is 0 Å². The van der Waals surface area contributed by atoms with Crippen LogP contribution < -0.4 is 0 Å². The van der Waals surface area contributed by atoms with Gasteiger partial charge in [-0.25, -0.2) is 0 Å². The lowest BCUT2D eigenvalue weighted by molar-refractivity contribution is 0.0945. The van der Waals surface area contributed by atoms with Crippen molar-refractivity contribution in [3.05, 3.63) is 0 Å². The van der Waals surface area contributed by atoms with Crippen LogP contribution in [0.25, 0.3) is 0 Å². The van der Waals surface area contributed by atoms with E-state index in [9.17, 15) is 4.57 Å². The Balaban J connectivity index is 3.99. The first kappa shape index (κ1) is 16.0. The molecule has 0 aliphatic heterocycles. The first-order chi connectivity index (χ1) is 7.42. The molecule has 0 fully saturated rings. The Hall–Kier alpha value is 0.0200. The van der Waals surface area contributed by atoms with E-state index in [0.29, 0.717) is 11.8 Å². The van der Waals surface area contributed by atoms with Crippen molar-refractivity contribution in [2.24, 2.45) is 11.8 Å². The number of hydrogen-bond donors (Lipinski definition) is 0. The molecule has 0 saturated carbocycles. The zero-order valence-electron chi connectivity index (χ0n) is 11.4. The average Bonchev–Trinajstić information content (AvgIpc) is 2.26. The lowest BCUT2D eigenvalue weighted by Crippen LogP contribution is -2.18. The van der Waals surface area contributed by atoms with E-state index in [1.165, 1.54) is 0 Å². The van der Waals surface area contributed by atoms with Gasteiger partial charge in [0.25, 0.3) is 0 Å². The van der Waals surface area contributed by atoms with Gasteiger partial charge in [0.05, 0.1) is 0 Å². The Morgan fingerprint density at radius 2 is 1.19 bits per heavy atom. The summed E-state index contributed by atoms with van der Waals surface area (Å²) in [4.78, 5) is 0. The second kappa shape index (κ2) is 8.16. The molecule has 0 aromatic rings. The van der Waals surface area contributed by atoms with Crippen LogP contribution in [0.4, 0.5) is 0 Å². The molecule has 0 bridgehead atoms. The van der Waals surface area contributed by atoms with Gasteiger partial charge in [0.15, 0.2) is 0 Å². The van der Waals surface area contributed by atoms with Crippen LogP contribution in [-0.2, 0) is 13.6 Å². The second-order valence-corrected chi connectivity index (χ2v) is 5.48. The maximum atomic E-state index is 11.6. The molecule has 96 valence electrons. The lowest BCUT2D eigenvalue weighted by Gasteiger charge is -2.14. The molecular formula is C12H26O3P+. The summed E-state index contributed by atoms with van der Waals surface area (Å²) in [6, 6.07) is 0. The molecule has 0 aromatic heterocycles.